The second-order valence-electron chi connectivity index (χ2n) is 6.54. The lowest BCUT2D eigenvalue weighted by molar-refractivity contribution is 0.0625. The minimum absolute atomic E-state index is 0.113. The molecule has 3 heterocycles. The zero-order chi connectivity index (χ0) is 16.4. The Labute approximate surface area is 142 Å². The van der Waals surface area contributed by atoms with Crippen molar-refractivity contribution in [2.45, 2.75) is 38.1 Å². The Morgan fingerprint density at radius 2 is 1.91 bits per heavy atom. The number of piperidine rings is 2. The first-order valence-corrected chi connectivity index (χ1v) is 11.0. The lowest BCUT2D eigenvalue weighted by Crippen LogP contribution is -2.50. The van der Waals surface area contributed by atoms with Gasteiger partial charge in [-0.3, -0.25) is 4.79 Å². The number of thiophene rings is 1. The predicted octanol–water partition coefficient (Wildman–Crippen LogP) is 2.41. The Balaban J connectivity index is 1.63. The maximum Gasteiger partial charge on any atom is 0.263 e. The second kappa shape index (κ2) is 6.91. The first-order valence-electron chi connectivity index (χ1n) is 8.26. The molecule has 2 aliphatic rings. The highest BCUT2D eigenvalue weighted by Crippen LogP contribution is 2.32. The first-order chi connectivity index (χ1) is 11.0. The van der Waals surface area contributed by atoms with E-state index in [2.05, 4.69) is 0 Å². The number of hydrogen-bond acceptors (Lipinski definition) is 4. The standard InChI is InChI=1S/C16H24N2O3S2/c1-23(20,21)18-9-3-2-5-14(18)13-7-10-17(11-8-13)16(19)15-6-4-12-22-15/h4,6,12-14H,2-3,5,7-11H2,1H3/t14-/m0/s1. The van der Waals surface area contributed by atoms with Gasteiger partial charge in [0.05, 0.1) is 11.1 Å². The highest BCUT2D eigenvalue weighted by molar-refractivity contribution is 7.88. The van der Waals surface area contributed by atoms with E-state index in [1.807, 2.05) is 22.4 Å². The summed E-state index contributed by atoms with van der Waals surface area (Å²) >= 11 is 1.48. The molecule has 1 aromatic heterocycles. The van der Waals surface area contributed by atoms with Crippen LogP contribution >= 0.6 is 11.3 Å². The summed E-state index contributed by atoms with van der Waals surface area (Å²) in [5, 5.41) is 1.92. The Bertz CT molecular complexity index is 634. The fourth-order valence-corrected chi connectivity index (χ4v) is 5.78. The van der Waals surface area contributed by atoms with E-state index in [0.717, 1.165) is 50.1 Å². The van der Waals surface area contributed by atoms with E-state index in [1.165, 1.54) is 17.6 Å². The van der Waals surface area contributed by atoms with Gasteiger partial charge in [0.1, 0.15) is 0 Å². The van der Waals surface area contributed by atoms with Gasteiger partial charge >= 0.3 is 0 Å². The van der Waals surface area contributed by atoms with Crippen LogP contribution in [0.2, 0.25) is 0 Å². The monoisotopic (exact) mass is 356 g/mol. The van der Waals surface area contributed by atoms with E-state index in [9.17, 15) is 13.2 Å². The van der Waals surface area contributed by atoms with Gasteiger partial charge in [-0.1, -0.05) is 12.5 Å². The van der Waals surface area contributed by atoms with Crippen molar-refractivity contribution < 1.29 is 13.2 Å². The van der Waals surface area contributed by atoms with Gasteiger partial charge in [-0.2, -0.15) is 4.31 Å². The summed E-state index contributed by atoms with van der Waals surface area (Å²) in [5.41, 5.74) is 0. The van der Waals surface area contributed by atoms with Gasteiger partial charge in [-0.25, -0.2) is 8.42 Å². The van der Waals surface area contributed by atoms with Gasteiger partial charge in [0.25, 0.3) is 5.91 Å². The van der Waals surface area contributed by atoms with Crippen LogP contribution in [0.1, 0.15) is 41.8 Å². The number of likely N-dealkylation sites (tertiary alicyclic amines) is 1. The molecular formula is C16H24N2O3S2. The zero-order valence-electron chi connectivity index (χ0n) is 13.5. The number of rotatable bonds is 3. The highest BCUT2D eigenvalue weighted by atomic mass is 32.2. The topological polar surface area (TPSA) is 57.7 Å². The molecule has 0 radical (unpaired) electrons. The van der Waals surface area contributed by atoms with Gasteiger partial charge in [0.15, 0.2) is 0 Å². The summed E-state index contributed by atoms with van der Waals surface area (Å²) in [6.45, 7) is 2.11. The SMILES string of the molecule is CS(=O)(=O)N1CCCC[C@H]1C1CCN(C(=O)c2cccs2)CC1. The van der Waals surface area contributed by atoms with Gasteiger partial charge in [-0.15, -0.1) is 11.3 Å². The van der Waals surface area contributed by atoms with Gasteiger partial charge in [-0.05, 0) is 43.0 Å². The smallest absolute Gasteiger partial charge is 0.263 e. The van der Waals surface area contributed by atoms with Crippen molar-refractivity contribution in [2.75, 3.05) is 25.9 Å². The third-order valence-electron chi connectivity index (χ3n) is 5.03. The van der Waals surface area contributed by atoms with Gasteiger partial charge < -0.3 is 4.90 Å². The van der Waals surface area contributed by atoms with E-state index in [0.29, 0.717) is 12.5 Å². The Morgan fingerprint density at radius 3 is 2.52 bits per heavy atom. The molecule has 0 aromatic carbocycles. The van der Waals surface area contributed by atoms with E-state index < -0.39 is 10.0 Å². The fraction of sp³-hybridized carbons (Fsp3) is 0.688. The second-order valence-corrected chi connectivity index (χ2v) is 9.43. The molecular weight excluding hydrogens is 332 g/mol. The summed E-state index contributed by atoms with van der Waals surface area (Å²) in [7, 11) is -3.14. The minimum Gasteiger partial charge on any atom is -0.338 e. The molecule has 7 heteroatoms. The lowest BCUT2D eigenvalue weighted by Gasteiger charge is -2.42. The molecule has 0 unspecified atom stereocenters. The number of sulfonamides is 1. The average Bonchev–Trinajstić information content (AvgIpc) is 3.08. The van der Waals surface area contributed by atoms with Crippen LogP contribution in [0.5, 0.6) is 0 Å². The molecule has 128 valence electrons. The molecule has 0 spiro atoms. The van der Waals surface area contributed by atoms with Crippen LogP contribution in [0, 0.1) is 5.92 Å². The Morgan fingerprint density at radius 1 is 1.17 bits per heavy atom. The average molecular weight is 357 g/mol. The number of hydrogen-bond donors (Lipinski definition) is 0. The van der Waals surface area contributed by atoms with Crippen molar-refractivity contribution in [3.63, 3.8) is 0 Å². The van der Waals surface area contributed by atoms with Crippen LogP contribution in [-0.4, -0.2) is 55.5 Å². The predicted molar refractivity (Wildman–Crippen MR) is 92.1 cm³/mol. The van der Waals surface area contributed by atoms with Crippen LogP contribution in [0.4, 0.5) is 0 Å². The van der Waals surface area contributed by atoms with Crippen LogP contribution < -0.4 is 0 Å². The molecule has 5 nitrogen and oxygen atoms in total. The largest absolute Gasteiger partial charge is 0.338 e. The summed E-state index contributed by atoms with van der Waals surface area (Å²) in [6.07, 6.45) is 6.13. The minimum atomic E-state index is -3.14. The quantitative estimate of drug-likeness (QED) is 0.836. The number of amides is 1. The summed E-state index contributed by atoms with van der Waals surface area (Å²) in [4.78, 5) is 15.1. The molecule has 0 saturated carbocycles. The molecule has 2 aliphatic heterocycles. The highest BCUT2D eigenvalue weighted by Gasteiger charge is 2.37. The van der Waals surface area contributed by atoms with E-state index >= 15 is 0 Å². The number of carbonyl (C=O) groups is 1. The third kappa shape index (κ3) is 3.78. The lowest BCUT2D eigenvalue weighted by atomic mass is 9.85. The van der Waals surface area contributed by atoms with Crippen LogP contribution in [0.25, 0.3) is 0 Å². The van der Waals surface area contributed by atoms with Crippen LogP contribution in [-0.2, 0) is 10.0 Å². The summed E-state index contributed by atoms with van der Waals surface area (Å²) in [6, 6.07) is 3.89. The zero-order valence-corrected chi connectivity index (χ0v) is 15.1. The van der Waals surface area contributed by atoms with Crippen molar-refractivity contribution in [1.29, 1.82) is 0 Å². The van der Waals surface area contributed by atoms with Crippen molar-refractivity contribution in [3.8, 4) is 0 Å². The normalized spacial score (nSPS) is 24.7. The Hall–Kier alpha value is -0.920. The molecule has 1 aromatic rings. The van der Waals surface area contributed by atoms with Crippen molar-refractivity contribution >= 4 is 27.3 Å². The molecule has 1 atom stereocenters. The molecule has 0 bridgehead atoms. The first kappa shape index (κ1) is 16.9. The third-order valence-corrected chi connectivity index (χ3v) is 7.19. The maximum atomic E-state index is 12.4. The number of carbonyl (C=O) groups excluding carboxylic acids is 1. The summed E-state index contributed by atoms with van der Waals surface area (Å²) in [5.74, 6) is 0.486. The molecule has 23 heavy (non-hydrogen) atoms. The van der Waals surface area contributed by atoms with E-state index in [1.54, 1.807) is 4.31 Å². The van der Waals surface area contributed by atoms with Crippen molar-refractivity contribution in [3.05, 3.63) is 22.4 Å². The van der Waals surface area contributed by atoms with Gasteiger partial charge in [0.2, 0.25) is 10.0 Å². The molecule has 3 rings (SSSR count). The van der Waals surface area contributed by atoms with Crippen molar-refractivity contribution in [2.24, 2.45) is 5.92 Å². The maximum absolute atomic E-state index is 12.4. The number of nitrogens with zero attached hydrogens (tertiary/aromatic N) is 2. The van der Waals surface area contributed by atoms with E-state index in [4.69, 9.17) is 0 Å². The van der Waals surface area contributed by atoms with Gasteiger partial charge in [0, 0.05) is 25.7 Å². The molecule has 1 amide bonds. The van der Waals surface area contributed by atoms with Crippen LogP contribution in [0.15, 0.2) is 17.5 Å². The van der Waals surface area contributed by atoms with Crippen molar-refractivity contribution in [1.82, 2.24) is 9.21 Å². The van der Waals surface area contributed by atoms with E-state index in [-0.39, 0.29) is 11.9 Å². The van der Waals surface area contributed by atoms with Crippen LogP contribution in [0.3, 0.4) is 0 Å². The molecule has 2 saturated heterocycles. The molecule has 0 aliphatic carbocycles. The molecule has 0 N–H and O–H groups in total. The fourth-order valence-electron chi connectivity index (χ4n) is 3.86. The Kier molecular flexibility index (Phi) is 5.08. The molecule has 2 fully saturated rings. The summed E-state index contributed by atoms with van der Waals surface area (Å²) < 4.78 is 25.8.